The molecule has 5 rings (SSSR count). The Morgan fingerprint density at radius 2 is 2.09 bits per heavy atom. The van der Waals surface area contributed by atoms with Crippen molar-refractivity contribution in [2.24, 2.45) is 24.8 Å². The molecule has 2 aliphatic heterocycles. The SMILES string of the molecule is C/C=C/c1ccc2n(c1=O)C[C@@H]1[C@@H](CO)[C@H](C(=O)NCCc3cn(C)cn3)[C@H]2N1C(=O)CC1CC1. The van der Waals surface area contributed by atoms with Crippen LogP contribution in [0.1, 0.15) is 49.2 Å². The van der Waals surface area contributed by atoms with E-state index >= 15 is 0 Å². The van der Waals surface area contributed by atoms with Gasteiger partial charge in [0.05, 0.1) is 30.0 Å². The van der Waals surface area contributed by atoms with Gasteiger partial charge in [-0.1, -0.05) is 12.2 Å². The molecule has 1 saturated heterocycles. The van der Waals surface area contributed by atoms with E-state index in [0.717, 1.165) is 18.5 Å². The average molecular weight is 480 g/mol. The van der Waals surface area contributed by atoms with Crippen LogP contribution < -0.4 is 10.9 Å². The summed E-state index contributed by atoms with van der Waals surface area (Å²) in [6, 6.07) is 2.66. The third kappa shape index (κ3) is 4.33. The van der Waals surface area contributed by atoms with E-state index in [0.29, 0.717) is 36.6 Å². The van der Waals surface area contributed by atoms with Gasteiger partial charge in [-0.2, -0.15) is 0 Å². The molecule has 4 heterocycles. The number of rotatable bonds is 8. The van der Waals surface area contributed by atoms with Crippen LogP contribution in [-0.4, -0.2) is 55.1 Å². The van der Waals surface area contributed by atoms with Crippen molar-refractivity contribution in [3.8, 4) is 0 Å². The van der Waals surface area contributed by atoms with Gasteiger partial charge < -0.3 is 24.5 Å². The molecule has 0 unspecified atom stereocenters. The molecular weight excluding hydrogens is 446 g/mol. The second-order valence-corrected chi connectivity index (χ2v) is 10.0. The van der Waals surface area contributed by atoms with Crippen molar-refractivity contribution in [2.75, 3.05) is 13.2 Å². The van der Waals surface area contributed by atoms with Crippen molar-refractivity contribution in [3.63, 3.8) is 0 Å². The number of fused-ring (bicyclic) bond motifs is 4. The maximum absolute atomic E-state index is 13.5. The molecule has 1 aliphatic carbocycles. The molecule has 9 heteroatoms. The number of aromatic nitrogens is 3. The number of carbonyl (C=O) groups excluding carboxylic acids is 2. The quantitative estimate of drug-likeness (QED) is 0.593. The smallest absolute Gasteiger partial charge is 0.258 e. The molecule has 4 atom stereocenters. The Morgan fingerprint density at radius 1 is 1.29 bits per heavy atom. The van der Waals surface area contributed by atoms with E-state index in [1.807, 2.05) is 41.8 Å². The average Bonchev–Trinajstić information content (AvgIpc) is 3.49. The van der Waals surface area contributed by atoms with E-state index in [-0.39, 0.29) is 30.5 Å². The van der Waals surface area contributed by atoms with Crippen LogP contribution in [-0.2, 0) is 29.6 Å². The Morgan fingerprint density at radius 3 is 2.74 bits per heavy atom. The maximum Gasteiger partial charge on any atom is 0.258 e. The number of nitrogens with zero attached hydrogens (tertiary/aromatic N) is 4. The first-order valence-electron chi connectivity index (χ1n) is 12.5. The molecule has 2 fully saturated rings. The summed E-state index contributed by atoms with van der Waals surface area (Å²) in [7, 11) is 1.90. The molecule has 2 bridgehead atoms. The van der Waals surface area contributed by atoms with Crippen molar-refractivity contribution >= 4 is 17.9 Å². The highest BCUT2D eigenvalue weighted by atomic mass is 16.3. The van der Waals surface area contributed by atoms with Crippen molar-refractivity contribution < 1.29 is 14.7 Å². The summed E-state index contributed by atoms with van der Waals surface area (Å²) in [6.45, 7) is 2.33. The summed E-state index contributed by atoms with van der Waals surface area (Å²) in [5, 5.41) is 13.4. The molecular formula is C26H33N5O4. The third-order valence-corrected chi connectivity index (χ3v) is 7.61. The van der Waals surface area contributed by atoms with E-state index in [4.69, 9.17) is 0 Å². The van der Waals surface area contributed by atoms with Gasteiger partial charge in [0.25, 0.3) is 5.56 Å². The fourth-order valence-electron chi connectivity index (χ4n) is 5.77. The lowest BCUT2D eigenvalue weighted by molar-refractivity contribution is -0.137. The zero-order chi connectivity index (χ0) is 24.7. The Kier molecular flexibility index (Phi) is 6.35. The van der Waals surface area contributed by atoms with E-state index in [1.165, 1.54) is 0 Å². The monoisotopic (exact) mass is 479 g/mol. The van der Waals surface area contributed by atoms with E-state index < -0.39 is 23.9 Å². The lowest BCUT2D eigenvalue weighted by Gasteiger charge is -2.38. The molecule has 2 aromatic rings. The van der Waals surface area contributed by atoms with Crippen LogP contribution in [0.2, 0.25) is 0 Å². The number of nitrogens with one attached hydrogen (secondary N) is 1. The second kappa shape index (κ2) is 9.45. The first-order valence-corrected chi connectivity index (χ1v) is 12.5. The van der Waals surface area contributed by atoms with Crippen LogP contribution in [0.5, 0.6) is 0 Å². The number of pyridine rings is 1. The molecule has 0 aromatic carbocycles. The number of aliphatic hydroxyl groups excluding tert-OH is 1. The third-order valence-electron chi connectivity index (χ3n) is 7.61. The zero-order valence-electron chi connectivity index (χ0n) is 20.3. The molecule has 2 N–H and O–H groups in total. The number of aryl methyl sites for hydroxylation is 1. The number of amides is 2. The lowest BCUT2D eigenvalue weighted by Crippen LogP contribution is -2.49. The Bertz CT molecular complexity index is 1210. The highest BCUT2D eigenvalue weighted by Gasteiger charge is 2.57. The summed E-state index contributed by atoms with van der Waals surface area (Å²) < 4.78 is 3.56. The van der Waals surface area contributed by atoms with Gasteiger partial charge >= 0.3 is 0 Å². The molecule has 2 aromatic heterocycles. The Balaban J connectivity index is 1.47. The molecule has 1 saturated carbocycles. The van der Waals surface area contributed by atoms with Gasteiger partial charge in [-0.05, 0) is 37.8 Å². The van der Waals surface area contributed by atoms with Crippen molar-refractivity contribution in [3.05, 3.63) is 58.0 Å². The molecule has 0 spiro atoms. The molecule has 0 radical (unpaired) electrons. The van der Waals surface area contributed by atoms with Gasteiger partial charge in [-0.3, -0.25) is 14.4 Å². The predicted molar refractivity (Wildman–Crippen MR) is 130 cm³/mol. The summed E-state index contributed by atoms with van der Waals surface area (Å²) in [4.78, 5) is 46.3. The fourth-order valence-corrected chi connectivity index (χ4v) is 5.77. The standard InChI is InChI=1S/C26H33N5O4/c1-3-4-17-7-8-20-24-23(25(34)27-10-9-18-12-29(2)15-28-18)19(14-32)21(13-30(20)26(17)35)31(24)22(33)11-16-5-6-16/h3-4,7-8,12,15-16,19,21,23-24,32H,5-6,9-11,13-14H2,1-2H3,(H,27,34)/b4-3+/t19-,21-,23+,24+/m1/s1. The minimum atomic E-state index is -0.627. The molecule has 2 amide bonds. The molecule has 3 aliphatic rings. The Hall–Kier alpha value is -3.20. The van der Waals surface area contributed by atoms with Gasteiger partial charge in [0.1, 0.15) is 0 Å². The molecule has 9 nitrogen and oxygen atoms in total. The van der Waals surface area contributed by atoms with Crippen LogP contribution >= 0.6 is 0 Å². The number of hydrogen-bond donors (Lipinski definition) is 2. The number of aliphatic hydroxyl groups is 1. The minimum absolute atomic E-state index is 0.0148. The van der Waals surface area contributed by atoms with Crippen LogP contribution in [0.15, 0.2) is 35.5 Å². The van der Waals surface area contributed by atoms with E-state index in [9.17, 15) is 19.5 Å². The van der Waals surface area contributed by atoms with Crippen molar-refractivity contribution in [2.45, 2.75) is 51.2 Å². The van der Waals surface area contributed by atoms with Gasteiger partial charge in [0.15, 0.2) is 0 Å². The minimum Gasteiger partial charge on any atom is -0.396 e. The van der Waals surface area contributed by atoms with E-state index in [1.54, 1.807) is 23.0 Å². The number of carbonyl (C=O) groups is 2. The highest BCUT2D eigenvalue weighted by molar-refractivity contribution is 5.84. The van der Waals surface area contributed by atoms with Crippen molar-refractivity contribution in [1.82, 2.24) is 24.3 Å². The molecule has 35 heavy (non-hydrogen) atoms. The van der Waals surface area contributed by atoms with Crippen LogP contribution in [0.25, 0.3) is 6.08 Å². The van der Waals surface area contributed by atoms with Gasteiger partial charge in [0.2, 0.25) is 11.8 Å². The normalized spacial score (nSPS) is 25.2. The van der Waals surface area contributed by atoms with Crippen LogP contribution in [0.3, 0.4) is 0 Å². The summed E-state index contributed by atoms with van der Waals surface area (Å²) in [5.74, 6) is -0.850. The Labute approximate surface area is 204 Å². The first kappa shape index (κ1) is 23.5. The maximum atomic E-state index is 13.5. The van der Waals surface area contributed by atoms with Crippen LogP contribution in [0.4, 0.5) is 0 Å². The number of imidazole rings is 1. The van der Waals surface area contributed by atoms with Crippen LogP contribution in [0, 0.1) is 17.8 Å². The lowest BCUT2D eigenvalue weighted by atomic mass is 9.86. The highest BCUT2D eigenvalue weighted by Crippen LogP contribution is 2.49. The first-order chi connectivity index (χ1) is 16.9. The molecule has 186 valence electrons. The zero-order valence-corrected chi connectivity index (χ0v) is 20.3. The summed E-state index contributed by atoms with van der Waals surface area (Å²) in [5.41, 5.74) is 2.00. The van der Waals surface area contributed by atoms with E-state index in [2.05, 4.69) is 10.3 Å². The number of hydrogen-bond acceptors (Lipinski definition) is 5. The predicted octanol–water partition coefficient (Wildman–Crippen LogP) is 1.26. The number of allylic oxidation sites excluding steroid dienone is 1. The fraction of sp³-hybridized carbons (Fsp3) is 0.538. The largest absolute Gasteiger partial charge is 0.396 e. The summed E-state index contributed by atoms with van der Waals surface area (Å²) in [6.07, 6.45) is 10.4. The topological polar surface area (TPSA) is 109 Å². The van der Waals surface area contributed by atoms with Crippen molar-refractivity contribution in [1.29, 1.82) is 0 Å². The van der Waals surface area contributed by atoms with Gasteiger partial charge in [-0.25, -0.2) is 4.98 Å². The van der Waals surface area contributed by atoms with Gasteiger partial charge in [-0.15, -0.1) is 0 Å². The van der Waals surface area contributed by atoms with Gasteiger partial charge in [0, 0.05) is 63.0 Å². The summed E-state index contributed by atoms with van der Waals surface area (Å²) >= 11 is 0. The second-order valence-electron chi connectivity index (χ2n) is 10.0.